The summed E-state index contributed by atoms with van der Waals surface area (Å²) < 4.78 is 0. The van der Waals surface area contributed by atoms with Gasteiger partial charge in [0.1, 0.15) is 16.3 Å². The van der Waals surface area contributed by atoms with Gasteiger partial charge in [-0.1, -0.05) is 0 Å². The molecule has 17 nitrogen and oxygen atoms in total. The Kier molecular flexibility index (Phi) is 5.28. The highest BCUT2D eigenvalue weighted by Crippen LogP contribution is 2.27. The summed E-state index contributed by atoms with van der Waals surface area (Å²) in [5, 5.41) is 71.3. The molecule has 0 saturated heterocycles. The van der Waals surface area contributed by atoms with E-state index in [1.807, 2.05) is 0 Å². The summed E-state index contributed by atoms with van der Waals surface area (Å²) in [5.41, 5.74) is -3.69. The van der Waals surface area contributed by atoms with Crippen LogP contribution in [-0.4, -0.2) is 59.0 Å². The molecular weight excluding hydrogens is 322 g/mol. The molecule has 0 rings (SSSR count). The van der Waals surface area contributed by atoms with Gasteiger partial charge in [-0.25, -0.2) is 0 Å². The molecule has 0 saturated carbocycles. The van der Waals surface area contributed by atoms with Crippen LogP contribution < -0.4 is 0 Å². The number of aliphatic hydroxyl groups is 2. The third-order valence-electron chi connectivity index (χ3n) is 2.71. The summed E-state index contributed by atoms with van der Waals surface area (Å²) in [6.45, 7) is -1.92. The number of nitro groups is 5. The molecule has 0 aromatic carbocycles. The normalized spacial score (nSPS) is 13.2. The molecule has 0 spiro atoms. The average molecular weight is 329 g/mol. The van der Waals surface area contributed by atoms with Gasteiger partial charge in [-0.3, -0.25) is 50.6 Å². The van der Waals surface area contributed by atoms with E-state index in [9.17, 15) is 55.7 Å². The van der Waals surface area contributed by atoms with Crippen molar-refractivity contribution in [2.24, 2.45) is 0 Å². The SMILES string of the molecule is O=[N+]([O-])C(CO)(CC(O)C([N+](=O)[O-])([N+](=O)[O-])[N+](=O)[O-])[N+](=O)[O-]. The topological polar surface area (TPSA) is 256 Å². The lowest BCUT2D eigenvalue weighted by Gasteiger charge is -2.18. The molecule has 124 valence electrons. The fraction of sp³-hybridized carbons (Fsp3) is 1.00. The Morgan fingerprint density at radius 3 is 1.27 bits per heavy atom. The molecule has 0 aliphatic carbocycles. The third-order valence-corrected chi connectivity index (χ3v) is 2.71. The van der Waals surface area contributed by atoms with Crippen molar-refractivity contribution in [2.75, 3.05) is 6.61 Å². The molecule has 0 aromatic rings. The highest BCUT2D eigenvalue weighted by Gasteiger charge is 2.80. The number of rotatable bonds is 9. The van der Waals surface area contributed by atoms with Crippen molar-refractivity contribution in [3.05, 3.63) is 50.6 Å². The average Bonchev–Trinajstić information content (AvgIpc) is 2.34. The smallest absolute Gasteiger partial charge is 0.382 e. The number of nitrogens with zero attached hydrogens (tertiary/aromatic N) is 5. The lowest BCUT2D eigenvalue weighted by molar-refractivity contribution is -0.979. The summed E-state index contributed by atoms with van der Waals surface area (Å²) in [6, 6.07) is 0. The molecule has 2 N–H and O–H groups in total. The molecule has 1 atom stereocenters. The minimum atomic E-state index is -4.56. The zero-order valence-electron chi connectivity index (χ0n) is 10.2. The molecule has 0 aromatic heterocycles. The lowest BCUT2D eigenvalue weighted by Crippen LogP contribution is -2.65. The Morgan fingerprint density at radius 1 is 0.773 bits per heavy atom. The second kappa shape index (κ2) is 6.13. The zero-order valence-corrected chi connectivity index (χ0v) is 10.2. The van der Waals surface area contributed by atoms with Gasteiger partial charge in [0, 0.05) is 0 Å². The van der Waals surface area contributed by atoms with Gasteiger partial charge in [-0.05, 0) is 0 Å². The first-order valence-corrected chi connectivity index (χ1v) is 4.92. The largest absolute Gasteiger partial charge is 0.726 e. The maximum atomic E-state index is 10.6. The molecule has 0 bridgehead atoms. The van der Waals surface area contributed by atoms with E-state index in [2.05, 4.69) is 0 Å². The summed E-state index contributed by atoms with van der Waals surface area (Å²) in [7, 11) is 0. The summed E-state index contributed by atoms with van der Waals surface area (Å²) in [4.78, 5) is 43.1. The summed E-state index contributed by atoms with van der Waals surface area (Å²) >= 11 is 0. The van der Waals surface area contributed by atoms with Crippen LogP contribution in [0.2, 0.25) is 0 Å². The van der Waals surface area contributed by atoms with E-state index >= 15 is 0 Å². The molecular formula is C5H7N5O12. The van der Waals surface area contributed by atoms with Crippen molar-refractivity contribution in [3.8, 4) is 0 Å². The first-order chi connectivity index (χ1) is 9.91. The molecule has 0 heterocycles. The first-order valence-electron chi connectivity index (χ1n) is 4.92. The molecule has 17 heteroatoms. The van der Waals surface area contributed by atoms with Gasteiger partial charge in [-0.15, -0.1) is 0 Å². The Balaban J connectivity index is 6.09. The molecule has 0 amide bonds. The molecule has 0 aliphatic heterocycles. The minimum Gasteiger partial charge on any atom is -0.382 e. The predicted molar refractivity (Wildman–Crippen MR) is 58.1 cm³/mol. The molecule has 0 aliphatic rings. The monoisotopic (exact) mass is 329 g/mol. The Hall–Kier alpha value is -3.08. The highest BCUT2D eigenvalue weighted by molar-refractivity contribution is 4.77. The number of hydrogen-bond donors (Lipinski definition) is 2. The van der Waals surface area contributed by atoms with E-state index in [0.717, 1.165) is 0 Å². The van der Waals surface area contributed by atoms with Crippen LogP contribution in [0, 0.1) is 50.6 Å². The standard InChI is InChI=1S/C5H7N5O12/c11-2-4(6(13)14,7(15)16)1-3(12)5(8(17)18,9(19)20)10(21)22/h3,11-12H,1-2H2. The first kappa shape index (κ1) is 18.9. The van der Waals surface area contributed by atoms with E-state index < -0.39 is 55.2 Å². The van der Waals surface area contributed by atoms with Gasteiger partial charge in [0.15, 0.2) is 21.4 Å². The summed E-state index contributed by atoms with van der Waals surface area (Å²) in [5.74, 6) is -4.56. The van der Waals surface area contributed by atoms with E-state index in [4.69, 9.17) is 5.11 Å². The van der Waals surface area contributed by atoms with Crippen LogP contribution >= 0.6 is 0 Å². The van der Waals surface area contributed by atoms with Crippen molar-refractivity contribution in [2.45, 2.75) is 24.0 Å². The Labute approximate surface area is 117 Å². The molecule has 0 fully saturated rings. The number of hydrogen-bond acceptors (Lipinski definition) is 12. The van der Waals surface area contributed by atoms with Gasteiger partial charge in [0.25, 0.3) is 6.10 Å². The van der Waals surface area contributed by atoms with Crippen LogP contribution in [0.3, 0.4) is 0 Å². The second-order valence-electron chi connectivity index (χ2n) is 3.83. The van der Waals surface area contributed by atoms with Crippen molar-refractivity contribution in [3.63, 3.8) is 0 Å². The predicted octanol–water partition coefficient (Wildman–Crippen LogP) is -2.54. The quantitative estimate of drug-likeness (QED) is 0.252. The van der Waals surface area contributed by atoms with E-state index in [1.165, 1.54) is 0 Å². The summed E-state index contributed by atoms with van der Waals surface area (Å²) in [6.07, 6.45) is -5.43. The van der Waals surface area contributed by atoms with Gasteiger partial charge in [0.05, 0.1) is 0 Å². The van der Waals surface area contributed by atoms with E-state index in [0.29, 0.717) is 0 Å². The lowest BCUT2D eigenvalue weighted by atomic mass is 9.99. The van der Waals surface area contributed by atoms with Crippen molar-refractivity contribution in [1.29, 1.82) is 0 Å². The van der Waals surface area contributed by atoms with Gasteiger partial charge in [-0.2, -0.15) is 0 Å². The highest BCUT2D eigenvalue weighted by atomic mass is 16.7. The van der Waals surface area contributed by atoms with E-state index in [1.54, 1.807) is 0 Å². The van der Waals surface area contributed by atoms with Gasteiger partial charge >= 0.3 is 11.4 Å². The van der Waals surface area contributed by atoms with Crippen molar-refractivity contribution >= 4 is 0 Å². The maximum absolute atomic E-state index is 10.6. The molecule has 1 unspecified atom stereocenters. The molecule has 0 radical (unpaired) electrons. The number of aliphatic hydroxyl groups excluding tert-OH is 2. The van der Waals surface area contributed by atoms with Crippen molar-refractivity contribution < 1.29 is 34.8 Å². The maximum Gasteiger partial charge on any atom is 0.726 e. The Morgan fingerprint density at radius 2 is 1.09 bits per heavy atom. The van der Waals surface area contributed by atoms with Crippen LogP contribution in [0.25, 0.3) is 0 Å². The van der Waals surface area contributed by atoms with Crippen LogP contribution in [-0.2, 0) is 0 Å². The van der Waals surface area contributed by atoms with E-state index in [-0.39, 0.29) is 0 Å². The van der Waals surface area contributed by atoms with Crippen LogP contribution in [0.15, 0.2) is 0 Å². The van der Waals surface area contributed by atoms with Crippen LogP contribution in [0.5, 0.6) is 0 Å². The van der Waals surface area contributed by atoms with Crippen LogP contribution in [0.1, 0.15) is 6.42 Å². The fourth-order valence-corrected chi connectivity index (χ4v) is 1.41. The van der Waals surface area contributed by atoms with Crippen molar-refractivity contribution in [1.82, 2.24) is 0 Å². The Bertz CT molecular complexity index is 480. The van der Waals surface area contributed by atoms with Gasteiger partial charge < -0.3 is 10.2 Å². The van der Waals surface area contributed by atoms with Crippen LogP contribution in [0.4, 0.5) is 0 Å². The second-order valence-corrected chi connectivity index (χ2v) is 3.83. The fourth-order valence-electron chi connectivity index (χ4n) is 1.41. The molecule has 22 heavy (non-hydrogen) atoms. The third kappa shape index (κ3) is 2.56. The minimum absolute atomic E-state index is 1.78. The van der Waals surface area contributed by atoms with Gasteiger partial charge in [0.2, 0.25) is 0 Å². The zero-order chi connectivity index (χ0) is 17.9.